The van der Waals surface area contributed by atoms with Crippen LogP contribution >= 0.6 is 27.5 Å². The van der Waals surface area contributed by atoms with Gasteiger partial charge in [-0.15, -0.1) is 10.2 Å². The highest BCUT2D eigenvalue weighted by Gasteiger charge is 2.16. The Hall–Kier alpha value is -0.940. The Morgan fingerprint density at radius 3 is 2.67 bits per heavy atom. The van der Waals surface area contributed by atoms with Crippen LogP contribution in [0.5, 0.6) is 0 Å². The Labute approximate surface area is 118 Å². The van der Waals surface area contributed by atoms with Gasteiger partial charge in [0.15, 0.2) is 5.82 Å². The number of hydrogen-bond donors (Lipinski definition) is 0. The van der Waals surface area contributed by atoms with E-state index in [9.17, 15) is 4.39 Å². The summed E-state index contributed by atoms with van der Waals surface area (Å²) in [5.41, 5.74) is 0.759. The first-order chi connectivity index (χ1) is 8.54. The van der Waals surface area contributed by atoms with Crippen LogP contribution in [0.25, 0.3) is 11.4 Å². The highest BCUT2D eigenvalue weighted by molar-refractivity contribution is 9.08. The maximum Gasteiger partial charge on any atom is 0.164 e. The second-order valence-corrected chi connectivity index (χ2v) is 5.13. The maximum atomic E-state index is 13.2. The molecule has 0 saturated heterocycles. The Kier molecular flexibility index (Phi) is 4.02. The fraction of sp³-hybridized carbons (Fsp3) is 0.333. The van der Waals surface area contributed by atoms with Crippen molar-refractivity contribution in [2.45, 2.75) is 25.2 Å². The van der Waals surface area contributed by atoms with E-state index in [0.29, 0.717) is 11.2 Å². The third-order valence-electron chi connectivity index (χ3n) is 2.58. The SMILES string of the molecule is CC(C)n1c(CBr)nnc1-c1ccc(F)c(Cl)c1. The van der Waals surface area contributed by atoms with Crippen LogP contribution in [0.2, 0.25) is 5.02 Å². The summed E-state index contributed by atoms with van der Waals surface area (Å²) >= 11 is 9.17. The molecule has 0 aliphatic rings. The molecule has 6 heteroatoms. The Morgan fingerprint density at radius 1 is 1.39 bits per heavy atom. The van der Waals surface area contributed by atoms with Gasteiger partial charge in [-0.3, -0.25) is 0 Å². The van der Waals surface area contributed by atoms with Crippen LogP contribution in [0.4, 0.5) is 4.39 Å². The molecule has 0 N–H and O–H groups in total. The normalized spacial score (nSPS) is 11.2. The second kappa shape index (κ2) is 5.36. The van der Waals surface area contributed by atoms with Crippen LogP contribution in [0, 0.1) is 5.82 Å². The molecule has 0 amide bonds. The zero-order valence-corrected chi connectivity index (χ0v) is 12.3. The van der Waals surface area contributed by atoms with Crippen LogP contribution in [-0.4, -0.2) is 14.8 Å². The first kappa shape index (κ1) is 13.5. The number of nitrogens with zero attached hydrogens (tertiary/aromatic N) is 3. The molecule has 1 aromatic carbocycles. The van der Waals surface area contributed by atoms with Crippen molar-refractivity contribution in [2.24, 2.45) is 0 Å². The standard InChI is InChI=1S/C12H12BrClFN3/c1-7(2)18-11(6-13)16-17-12(18)8-3-4-10(15)9(14)5-8/h3-5,7H,6H2,1-2H3. The van der Waals surface area contributed by atoms with E-state index in [1.54, 1.807) is 12.1 Å². The number of rotatable bonds is 3. The molecule has 0 saturated carbocycles. The summed E-state index contributed by atoms with van der Waals surface area (Å²) in [6.45, 7) is 4.09. The lowest BCUT2D eigenvalue weighted by Crippen LogP contribution is -2.07. The molecule has 3 nitrogen and oxygen atoms in total. The summed E-state index contributed by atoms with van der Waals surface area (Å²) in [7, 11) is 0. The molecule has 0 aliphatic carbocycles. The quantitative estimate of drug-likeness (QED) is 0.788. The first-order valence-electron chi connectivity index (χ1n) is 5.49. The fourth-order valence-electron chi connectivity index (χ4n) is 1.79. The molecular weight excluding hydrogens is 321 g/mol. The Bertz CT molecular complexity index is 568. The zero-order valence-electron chi connectivity index (χ0n) is 9.99. The number of halogens is 3. The molecule has 0 spiro atoms. The minimum Gasteiger partial charge on any atom is -0.308 e. The van der Waals surface area contributed by atoms with Crippen LogP contribution in [0.1, 0.15) is 25.7 Å². The second-order valence-electron chi connectivity index (χ2n) is 4.17. The third-order valence-corrected chi connectivity index (χ3v) is 3.37. The summed E-state index contributed by atoms with van der Waals surface area (Å²) in [6, 6.07) is 4.77. The molecule has 0 radical (unpaired) electrons. The first-order valence-corrected chi connectivity index (χ1v) is 6.99. The van der Waals surface area contributed by atoms with E-state index >= 15 is 0 Å². The van der Waals surface area contributed by atoms with Crippen molar-refractivity contribution >= 4 is 27.5 Å². The van der Waals surface area contributed by atoms with Gasteiger partial charge in [0.25, 0.3) is 0 Å². The van der Waals surface area contributed by atoms with Gasteiger partial charge in [-0.2, -0.15) is 0 Å². The molecule has 18 heavy (non-hydrogen) atoms. The van der Waals surface area contributed by atoms with Crippen LogP contribution < -0.4 is 0 Å². The fourth-order valence-corrected chi connectivity index (χ4v) is 2.35. The molecule has 0 aliphatic heterocycles. The Morgan fingerprint density at radius 2 is 2.11 bits per heavy atom. The van der Waals surface area contributed by atoms with E-state index in [4.69, 9.17) is 11.6 Å². The molecule has 2 aromatic rings. The van der Waals surface area contributed by atoms with Gasteiger partial charge in [0, 0.05) is 11.6 Å². The molecule has 2 rings (SSSR count). The van der Waals surface area contributed by atoms with E-state index in [2.05, 4.69) is 26.1 Å². The minimum atomic E-state index is -0.434. The number of aromatic nitrogens is 3. The van der Waals surface area contributed by atoms with E-state index in [-0.39, 0.29) is 11.1 Å². The predicted octanol–water partition coefficient (Wildman–Crippen LogP) is 4.21. The highest BCUT2D eigenvalue weighted by atomic mass is 79.9. The lowest BCUT2D eigenvalue weighted by molar-refractivity contribution is 0.586. The molecule has 1 aromatic heterocycles. The van der Waals surface area contributed by atoms with Gasteiger partial charge in [0.2, 0.25) is 0 Å². The van der Waals surface area contributed by atoms with Gasteiger partial charge >= 0.3 is 0 Å². The third kappa shape index (κ3) is 2.42. The summed E-state index contributed by atoms with van der Waals surface area (Å²) in [5.74, 6) is 1.10. The topological polar surface area (TPSA) is 30.7 Å². The molecule has 0 atom stereocenters. The minimum absolute atomic E-state index is 0.0891. The largest absolute Gasteiger partial charge is 0.308 e. The van der Waals surface area contributed by atoms with Crippen LogP contribution in [-0.2, 0) is 5.33 Å². The van der Waals surface area contributed by atoms with Gasteiger partial charge in [0.1, 0.15) is 11.6 Å². The van der Waals surface area contributed by atoms with Gasteiger partial charge in [0.05, 0.1) is 10.4 Å². The molecule has 1 heterocycles. The average Bonchev–Trinajstić information content (AvgIpc) is 2.76. The van der Waals surface area contributed by atoms with Crippen LogP contribution in [0.15, 0.2) is 18.2 Å². The summed E-state index contributed by atoms with van der Waals surface area (Å²) in [4.78, 5) is 0. The van der Waals surface area contributed by atoms with E-state index in [1.807, 2.05) is 18.4 Å². The van der Waals surface area contributed by atoms with Gasteiger partial charge in [-0.05, 0) is 32.0 Å². The number of hydrogen-bond acceptors (Lipinski definition) is 2. The number of benzene rings is 1. The van der Waals surface area contributed by atoms with Crippen LogP contribution in [0.3, 0.4) is 0 Å². The van der Waals surface area contributed by atoms with E-state index < -0.39 is 5.82 Å². The van der Waals surface area contributed by atoms with Crippen molar-refractivity contribution in [3.63, 3.8) is 0 Å². The molecule has 96 valence electrons. The molecule has 0 bridgehead atoms. The van der Waals surface area contributed by atoms with Crippen molar-refractivity contribution in [1.82, 2.24) is 14.8 Å². The Balaban J connectivity index is 2.56. The van der Waals surface area contributed by atoms with Crippen molar-refractivity contribution in [2.75, 3.05) is 0 Å². The van der Waals surface area contributed by atoms with Gasteiger partial charge < -0.3 is 4.57 Å². The molecule has 0 fully saturated rings. The van der Waals surface area contributed by atoms with E-state index in [1.165, 1.54) is 6.07 Å². The number of alkyl halides is 1. The lowest BCUT2D eigenvalue weighted by atomic mass is 10.2. The molecule has 0 unspecified atom stereocenters. The average molecular weight is 333 g/mol. The maximum absolute atomic E-state index is 13.2. The highest BCUT2D eigenvalue weighted by Crippen LogP contribution is 2.26. The van der Waals surface area contributed by atoms with Gasteiger partial charge in [-0.25, -0.2) is 4.39 Å². The monoisotopic (exact) mass is 331 g/mol. The summed E-state index contributed by atoms with van der Waals surface area (Å²) in [5, 5.41) is 8.97. The van der Waals surface area contributed by atoms with Crippen molar-refractivity contribution in [3.8, 4) is 11.4 Å². The summed E-state index contributed by atoms with van der Waals surface area (Å²) < 4.78 is 15.2. The smallest absolute Gasteiger partial charge is 0.164 e. The lowest BCUT2D eigenvalue weighted by Gasteiger charge is -2.13. The van der Waals surface area contributed by atoms with Crippen molar-refractivity contribution < 1.29 is 4.39 Å². The van der Waals surface area contributed by atoms with Crippen molar-refractivity contribution in [1.29, 1.82) is 0 Å². The van der Waals surface area contributed by atoms with Gasteiger partial charge in [-0.1, -0.05) is 27.5 Å². The summed E-state index contributed by atoms with van der Waals surface area (Å²) in [6.07, 6.45) is 0. The van der Waals surface area contributed by atoms with Crippen molar-refractivity contribution in [3.05, 3.63) is 34.9 Å². The zero-order chi connectivity index (χ0) is 13.3. The predicted molar refractivity (Wildman–Crippen MR) is 73.4 cm³/mol. The molecular formula is C12H12BrClFN3. The van der Waals surface area contributed by atoms with E-state index in [0.717, 1.165) is 11.4 Å².